The highest BCUT2D eigenvalue weighted by Crippen LogP contribution is 2.39. The summed E-state index contributed by atoms with van der Waals surface area (Å²) in [6.45, 7) is 7.85. The molecule has 1 saturated carbocycles. The molecular weight excluding hydrogens is 342 g/mol. The van der Waals surface area contributed by atoms with E-state index in [4.69, 9.17) is 4.74 Å². The third kappa shape index (κ3) is 3.86. The summed E-state index contributed by atoms with van der Waals surface area (Å²) in [5.74, 6) is 6.01. The molecule has 1 aromatic rings. The van der Waals surface area contributed by atoms with E-state index in [-0.39, 0.29) is 17.4 Å². The summed E-state index contributed by atoms with van der Waals surface area (Å²) >= 11 is 0. The summed E-state index contributed by atoms with van der Waals surface area (Å²) in [4.78, 5) is 25.3. The van der Waals surface area contributed by atoms with Crippen LogP contribution >= 0.6 is 0 Å². The Morgan fingerprint density at radius 2 is 2.11 bits per heavy atom. The fourth-order valence-corrected chi connectivity index (χ4v) is 3.44. The first-order chi connectivity index (χ1) is 12.6. The minimum Gasteiger partial charge on any atom is -0.462 e. The van der Waals surface area contributed by atoms with E-state index in [2.05, 4.69) is 11.8 Å². The Bertz CT molecular complexity index is 934. The lowest BCUT2D eigenvalue weighted by Gasteiger charge is -2.15. The zero-order chi connectivity index (χ0) is 19.9. The minimum atomic E-state index is -1.06. The van der Waals surface area contributed by atoms with Crippen LogP contribution in [0.15, 0.2) is 16.6 Å². The maximum absolute atomic E-state index is 12.7. The number of carbonyl (C=O) groups is 1. The highest BCUT2D eigenvalue weighted by molar-refractivity contribution is 6.19. The second kappa shape index (κ2) is 7.01. The fourth-order valence-electron chi connectivity index (χ4n) is 3.44. The predicted octanol–water partition coefficient (Wildman–Crippen LogP) is 2.43. The molecule has 1 aromatic heterocycles. The van der Waals surface area contributed by atoms with E-state index in [1.807, 2.05) is 20.8 Å². The van der Waals surface area contributed by atoms with Crippen molar-refractivity contribution in [3.05, 3.63) is 38.8 Å². The van der Waals surface area contributed by atoms with Crippen LogP contribution < -0.4 is 5.56 Å². The summed E-state index contributed by atoms with van der Waals surface area (Å²) in [5, 5.41) is 10.5. The average Bonchev–Trinajstić information content (AvgIpc) is 3.38. The molecule has 0 saturated heterocycles. The average molecular weight is 369 g/mol. The molecule has 0 spiro atoms. The van der Waals surface area contributed by atoms with Crippen LogP contribution in [0, 0.1) is 23.7 Å². The molecule has 27 heavy (non-hydrogen) atoms. The van der Waals surface area contributed by atoms with Gasteiger partial charge < -0.3 is 14.4 Å². The first-order valence-corrected chi connectivity index (χ1v) is 9.47. The normalized spacial score (nSPS) is 18.0. The van der Waals surface area contributed by atoms with Crippen molar-refractivity contribution in [1.82, 2.24) is 4.57 Å². The smallest absolute Gasteiger partial charge is 0.338 e. The SMILES string of the molecule is CC1=C(C(=O)OCC(C)C)c2c(C#CC(C)(O)C3CC3)cn(C)c(=O)c2C1. The monoisotopic (exact) mass is 369 g/mol. The zero-order valence-electron chi connectivity index (χ0n) is 16.7. The number of nitrogens with zero attached hydrogens (tertiary/aromatic N) is 1. The van der Waals surface area contributed by atoms with E-state index in [1.165, 1.54) is 4.57 Å². The molecule has 1 fully saturated rings. The standard InChI is InChI=1S/C22H27NO4/c1-13(2)12-27-21(25)18-14(3)10-17-19(18)15(11-23(5)20(17)24)8-9-22(4,26)16-6-7-16/h11,13,16,26H,6-7,10,12H2,1-5H3. The summed E-state index contributed by atoms with van der Waals surface area (Å²) < 4.78 is 6.92. The number of ether oxygens (including phenoxy) is 1. The van der Waals surface area contributed by atoms with Crippen LogP contribution in [0.4, 0.5) is 0 Å². The Morgan fingerprint density at radius 3 is 2.70 bits per heavy atom. The number of carbonyl (C=O) groups excluding carboxylic acids is 1. The second-order valence-electron chi connectivity index (χ2n) is 8.31. The van der Waals surface area contributed by atoms with Gasteiger partial charge in [0.05, 0.1) is 12.2 Å². The van der Waals surface area contributed by atoms with E-state index in [1.54, 1.807) is 20.2 Å². The van der Waals surface area contributed by atoms with Crippen LogP contribution in [0.1, 0.15) is 57.2 Å². The van der Waals surface area contributed by atoms with Gasteiger partial charge in [0.25, 0.3) is 5.56 Å². The predicted molar refractivity (Wildman–Crippen MR) is 104 cm³/mol. The van der Waals surface area contributed by atoms with Crippen molar-refractivity contribution in [2.75, 3.05) is 6.61 Å². The van der Waals surface area contributed by atoms with Gasteiger partial charge in [0.2, 0.25) is 0 Å². The molecule has 1 N–H and O–H groups in total. The quantitative estimate of drug-likeness (QED) is 0.654. The molecule has 1 unspecified atom stereocenters. The molecular formula is C22H27NO4. The number of aliphatic hydroxyl groups is 1. The Kier molecular flexibility index (Phi) is 5.05. The summed E-state index contributed by atoms with van der Waals surface area (Å²) in [6, 6.07) is 0. The number of aromatic nitrogens is 1. The van der Waals surface area contributed by atoms with Gasteiger partial charge in [-0.2, -0.15) is 0 Å². The van der Waals surface area contributed by atoms with Gasteiger partial charge in [-0.3, -0.25) is 4.79 Å². The van der Waals surface area contributed by atoms with E-state index >= 15 is 0 Å². The van der Waals surface area contributed by atoms with Crippen LogP contribution in [0.25, 0.3) is 5.57 Å². The number of allylic oxidation sites excluding steroid dienone is 1. The Balaban J connectivity index is 2.06. The fraction of sp³-hybridized carbons (Fsp3) is 0.545. The number of aryl methyl sites for hydroxylation is 1. The van der Waals surface area contributed by atoms with Gasteiger partial charge in [-0.05, 0) is 38.5 Å². The molecule has 2 aliphatic rings. The molecule has 0 aromatic carbocycles. The molecule has 3 rings (SSSR count). The first-order valence-electron chi connectivity index (χ1n) is 9.47. The van der Waals surface area contributed by atoms with Crippen molar-refractivity contribution in [2.24, 2.45) is 18.9 Å². The molecule has 5 heteroatoms. The summed E-state index contributed by atoms with van der Waals surface area (Å²) in [6.07, 6.45) is 4.01. The van der Waals surface area contributed by atoms with Crippen LogP contribution in [-0.2, 0) is 23.0 Å². The highest BCUT2D eigenvalue weighted by atomic mass is 16.5. The second-order valence-corrected chi connectivity index (χ2v) is 8.31. The van der Waals surface area contributed by atoms with Gasteiger partial charge in [-0.15, -0.1) is 0 Å². The van der Waals surface area contributed by atoms with Crippen LogP contribution in [0.5, 0.6) is 0 Å². The largest absolute Gasteiger partial charge is 0.462 e. The summed E-state index contributed by atoms with van der Waals surface area (Å²) in [5.41, 5.74) is 1.81. The van der Waals surface area contributed by atoms with E-state index in [9.17, 15) is 14.7 Å². The van der Waals surface area contributed by atoms with Gasteiger partial charge in [0.15, 0.2) is 0 Å². The van der Waals surface area contributed by atoms with E-state index < -0.39 is 11.6 Å². The minimum absolute atomic E-state index is 0.129. The van der Waals surface area contributed by atoms with Crippen molar-refractivity contribution in [2.45, 2.75) is 52.6 Å². The number of pyridine rings is 1. The lowest BCUT2D eigenvalue weighted by Crippen LogP contribution is -2.25. The molecule has 144 valence electrons. The van der Waals surface area contributed by atoms with Crippen molar-refractivity contribution in [3.8, 4) is 11.8 Å². The summed E-state index contributed by atoms with van der Waals surface area (Å²) in [7, 11) is 1.68. The molecule has 2 aliphatic carbocycles. The van der Waals surface area contributed by atoms with Crippen molar-refractivity contribution < 1.29 is 14.6 Å². The van der Waals surface area contributed by atoms with Gasteiger partial charge in [-0.1, -0.05) is 31.3 Å². The van der Waals surface area contributed by atoms with Gasteiger partial charge in [0, 0.05) is 36.4 Å². The lowest BCUT2D eigenvalue weighted by atomic mass is 9.98. The number of hydrogen-bond acceptors (Lipinski definition) is 4. The van der Waals surface area contributed by atoms with Gasteiger partial charge in [-0.25, -0.2) is 4.79 Å². The zero-order valence-corrected chi connectivity index (χ0v) is 16.7. The molecule has 0 amide bonds. The third-order valence-electron chi connectivity index (χ3n) is 5.17. The Labute approximate surface area is 160 Å². The van der Waals surface area contributed by atoms with Gasteiger partial charge >= 0.3 is 5.97 Å². The molecule has 0 aliphatic heterocycles. The van der Waals surface area contributed by atoms with Crippen molar-refractivity contribution in [3.63, 3.8) is 0 Å². The van der Waals surface area contributed by atoms with Crippen LogP contribution in [0.3, 0.4) is 0 Å². The van der Waals surface area contributed by atoms with E-state index in [0.717, 1.165) is 18.4 Å². The highest BCUT2D eigenvalue weighted by Gasteiger charge is 2.39. The molecule has 5 nitrogen and oxygen atoms in total. The first kappa shape index (κ1) is 19.4. The molecule has 0 bridgehead atoms. The van der Waals surface area contributed by atoms with E-state index in [0.29, 0.717) is 35.3 Å². The number of hydrogen-bond donors (Lipinski definition) is 1. The molecule has 1 atom stereocenters. The molecule has 0 radical (unpaired) electrons. The Morgan fingerprint density at radius 1 is 1.44 bits per heavy atom. The van der Waals surface area contributed by atoms with Crippen LogP contribution in [0.2, 0.25) is 0 Å². The van der Waals surface area contributed by atoms with Gasteiger partial charge in [0.1, 0.15) is 5.60 Å². The lowest BCUT2D eigenvalue weighted by molar-refractivity contribution is -0.137. The van der Waals surface area contributed by atoms with Crippen molar-refractivity contribution >= 4 is 11.5 Å². The number of esters is 1. The van der Waals surface area contributed by atoms with Crippen molar-refractivity contribution in [1.29, 1.82) is 0 Å². The Hall–Kier alpha value is -2.32. The topological polar surface area (TPSA) is 68.5 Å². The third-order valence-corrected chi connectivity index (χ3v) is 5.17. The maximum Gasteiger partial charge on any atom is 0.338 e. The van der Waals surface area contributed by atoms with Crippen LogP contribution in [-0.4, -0.2) is 27.9 Å². The number of fused-ring (bicyclic) bond motifs is 1. The maximum atomic E-state index is 12.7. The number of rotatable bonds is 4. The molecule has 1 heterocycles.